The Morgan fingerprint density at radius 2 is 1.90 bits per heavy atom. The van der Waals surface area contributed by atoms with Gasteiger partial charge in [0.05, 0.1) is 17.0 Å². The molecular weight excluding hydrogens is 491 g/mol. The van der Waals surface area contributed by atoms with Gasteiger partial charge in [-0.15, -0.1) is 0 Å². The minimum absolute atomic E-state index is 0. The number of nitrogens with zero attached hydrogens (tertiary/aromatic N) is 4. The largest absolute Gasteiger partial charge is 1.00 e. The van der Waals surface area contributed by atoms with Gasteiger partial charge >= 0.3 is 0 Å². The van der Waals surface area contributed by atoms with Gasteiger partial charge in [-0.1, -0.05) is 23.9 Å². The minimum Gasteiger partial charge on any atom is -1.00 e. The fourth-order valence-electron chi connectivity index (χ4n) is 3.85. The fourth-order valence-corrected chi connectivity index (χ4v) is 5.04. The van der Waals surface area contributed by atoms with E-state index >= 15 is 0 Å². The van der Waals surface area contributed by atoms with E-state index < -0.39 is 0 Å². The molecule has 6 heteroatoms. The molecule has 4 nitrogen and oxygen atoms in total. The third-order valence-electron chi connectivity index (χ3n) is 5.20. The van der Waals surface area contributed by atoms with Crippen LogP contribution in [0.2, 0.25) is 0 Å². The molecule has 0 bridgehead atoms. The van der Waals surface area contributed by atoms with Gasteiger partial charge in [-0.05, 0) is 30.7 Å². The van der Waals surface area contributed by atoms with Gasteiger partial charge in [0.25, 0.3) is 0 Å². The Morgan fingerprint density at radius 3 is 2.59 bits per heavy atom. The lowest BCUT2D eigenvalue weighted by Crippen LogP contribution is -3.00. The maximum atomic E-state index is 4.12. The van der Waals surface area contributed by atoms with E-state index in [4.69, 9.17) is 0 Å². The van der Waals surface area contributed by atoms with Crippen molar-refractivity contribution in [2.24, 2.45) is 0 Å². The number of benzene rings is 1. The van der Waals surface area contributed by atoms with E-state index in [0.717, 1.165) is 26.1 Å². The van der Waals surface area contributed by atoms with Gasteiger partial charge in [-0.25, -0.2) is 9.55 Å². The zero-order chi connectivity index (χ0) is 19.5. The Balaban J connectivity index is 0.00000240. The summed E-state index contributed by atoms with van der Waals surface area (Å²) in [5.41, 5.74) is 5.21. The number of aromatic nitrogens is 3. The Hall–Kier alpha value is -1.80. The highest BCUT2D eigenvalue weighted by Crippen LogP contribution is 2.46. The van der Waals surface area contributed by atoms with Crippen LogP contribution >= 0.6 is 11.8 Å². The molecule has 1 aliphatic heterocycles. The van der Waals surface area contributed by atoms with Gasteiger partial charge in [-0.2, -0.15) is 0 Å². The average Bonchev–Trinajstić information content (AvgIpc) is 3.31. The predicted molar refractivity (Wildman–Crippen MR) is 116 cm³/mol. The van der Waals surface area contributed by atoms with Crippen LogP contribution in [0, 0.1) is 13.8 Å². The SMILES string of the molecule is CCN1/C(=C\c2cc(C)[n+](CCCn3ccnc3)c(C)c2)Sc2ccccc21.[I-]. The Bertz CT molecular complexity index is 975. The number of hydrogen-bond acceptors (Lipinski definition) is 3. The molecule has 1 aromatic carbocycles. The summed E-state index contributed by atoms with van der Waals surface area (Å²) < 4.78 is 4.55. The summed E-state index contributed by atoms with van der Waals surface area (Å²) in [5.74, 6) is 0. The van der Waals surface area contributed by atoms with Crippen molar-refractivity contribution >= 4 is 23.5 Å². The molecule has 29 heavy (non-hydrogen) atoms. The van der Waals surface area contributed by atoms with Gasteiger partial charge in [0.15, 0.2) is 17.9 Å². The summed E-state index contributed by atoms with van der Waals surface area (Å²) in [7, 11) is 0. The molecule has 0 aliphatic carbocycles. The maximum absolute atomic E-state index is 4.12. The minimum atomic E-state index is 0. The molecule has 3 heterocycles. The molecule has 0 saturated heterocycles. The van der Waals surface area contributed by atoms with Gasteiger partial charge < -0.3 is 33.4 Å². The quantitative estimate of drug-likeness (QED) is 0.368. The van der Waals surface area contributed by atoms with Gasteiger partial charge in [0, 0.05) is 62.8 Å². The molecule has 0 N–H and O–H groups in total. The van der Waals surface area contributed by atoms with Crippen LogP contribution in [-0.4, -0.2) is 16.1 Å². The maximum Gasteiger partial charge on any atom is 0.179 e. The van der Waals surface area contributed by atoms with Crippen LogP contribution in [0.25, 0.3) is 6.08 Å². The molecule has 0 atom stereocenters. The number of aryl methyl sites for hydroxylation is 3. The van der Waals surface area contributed by atoms with Crippen LogP contribution in [0.4, 0.5) is 5.69 Å². The fraction of sp³-hybridized carbons (Fsp3) is 0.304. The zero-order valence-electron chi connectivity index (χ0n) is 17.2. The van der Waals surface area contributed by atoms with Crippen molar-refractivity contribution in [3.05, 3.63) is 77.1 Å². The smallest absolute Gasteiger partial charge is 0.179 e. The number of fused-ring (bicyclic) bond motifs is 1. The summed E-state index contributed by atoms with van der Waals surface area (Å²) in [6, 6.07) is 13.3. The second-order valence-electron chi connectivity index (χ2n) is 7.17. The Labute approximate surface area is 194 Å². The van der Waals surface area contributed by atoms with E-state index in [-0.39, 0.29) is 24.0 Å². The summed E-state index contributed by atoms with van der Waals surface area (Å²) in [6.45, 7) is 9.63. The molecule has 3 aromatic rings. The van der Waals surface area contributed by atoms with Gasteiger partial charge in [0.1, 0.15) is 0 Å². The zero-order valence-corrected chi connectivity index (χ0v) is 20.2. The first-order chi connectivity index (χ1) is 13.7. The molecule has 0 spiro atoms. The van der Waals surface area contributed by atoms with Crippen LogP contribution < -0.4 is 33.4 Å². The number of pyridine rings is 1. The Kier molecular flexibility index (Phi) is 7.40. The third kappa shape index (κ3) is 4.86. The molecule has 0 saturated carbocycles. The standard InChI is InChI=1S/C23H27N4S.HI/c1-4-26-21-8-5-6-9-22(21)28-23(26)16-20-14-18(2)27(19(3)15-20)12-7-11-25-13-10-24-17-25;/h5-6,8-10,13-17H,4,7,11-12H2,1-3H3;1H/q+1;/p-1. The van der Waals surface area contributed by atoms with Crippen molar-refractivity contribution in [3.63, 3.8) is 0 Å². The van der Waals surface area contributed by atoms with Crippen molar-refractivity contribution in [2.75, 3.05) is 11.4 Å². The predicted octanol–water partition coefficient (Wildman–Crippen LogP) is 1.81. The molecule has 1 aliphatic rings. The summed E-state index contributed by atoms with van der Waals surface area (Å²) >= 11 is 1.86. The highest BCUT2D eigenvalue weighted by atomic mass is 127. The summed E-state index contributed by atoms with van der Waals surface area (Å²) in [4.78, 5) is 7.86. The highest BCUT2D eigenvalue weighted by molar-refractivity contribution is 8.03. The van der Waals surface area contributed by atoms with E-state index in [0.29, 0.717) is 0 Å². The topological polar surface area (TPSA) is 24.9 Å². The average molecular weight is 518 g/mol. The van der Waals surface area contributed by atoms with Crippen molar-refractivity contribution < 1.29 is 28.5 Å². The number of rotatable bonds is 6. The lowest BCUT2D eigenvalue weighted by molar-refractivity contribution is -0.709. The summed E-state index contributed by atoms with van der Waals surface area (Å²) in [6.07, 6.45) is 9.17. The molecule has 0 fully saturated rings. The van der Waals surface area contributed by atoms with Crippen molar-refractivity contribution in [1.82, 2.24) is 9.55 Å². The summed E-state index contributed by atoms with van der Waals surface area (Å²) in [5, 5.41) is 1.31. The lowest BCUT2D eigenvalue weighted by atomic mass is 10.1. The number of para-hydroxylation sites is 1. The number of thioether (sulfide) groups is 1. The first kappa shape index (κ1) is 21.9. The van der Waals surface area contributed by atoms with E-state index in [9.17, 15) is 0 Å². The van der Waals surface area contributed by atoms with Crippen molar-refractivity contribution in [1.29, 1.82) is 0 Å². The first-order valence-corrected chi connectivity index (χ1v) is 10.7. The molecule has 0 radical (unpaired) electrons. The molecular formula is C23H27IN4S. The molecule has 0 amide bonds. The van der Waals surface area contributed by atoms with Crippen LogP contribution in [0.3, 0.4) is 0 Å². The van der Waals surface area contributed by atoms with E-state index in [2.05, 4.69) is 82.3 Å². The van der Waals surface area contributed by atoms with Crippen LogP contribution in [0.1, 0.15) is 30.3 Å². The van der Waals surface area contributed by atoms with Crippen LogP contribution in [0.5, 0.6) is 0 Å². The monoisotopic (exact) mass is 518 g/mol. The van der Waals surface area contributed by atoms with Gasteiger partial charge in [0.2, 0.25) is 0 Å². The molecule has 4 rings (SSSR count). The second-order valence-corrected chi connectivity index (χ2v) is 8.24. The molecule has 0 unspecified atom stereocenters. The number of halogens is 1. The van der Waals surface area contributed by atoms with E-state index in [1.54, 1.807) is 0 Å². The van der Waals surface area contributed by atoms with E-state index in [1.807, 2.05) is 30.5 Å². The van der Waals surface area contributed by atoms with E-state index in [1.165, 1.54) is 32.6 Å². The Morgan fingerprint density at radius 1 is 1.14 bits per heavy atom. The van der Waals surface area contributed by atoms with Gasteiger partial charge in [-0.3, -0.25) is 0 Å². The third-order valence-corrected chi connectivity index (χ3v) is 6.32. The number of hydrogen-bond donors (Lipinski definition) is 0. The first-order valence-electron chi connectivity index (χ1n) is 9.88. The lowest BCUT2D eigenvalue weighted by Gasteiger charge is -2.18. The molecule has 152 valence electrons. The normalized spacial score (nSPS) is 14.2. The van der Waals surface area contributed by atoms with Crippen molar-refractivity contribution in [2.45, 2.75) is 45.2 Å². The van der Waals surface area contributed by atoms with Crippen LogP contribution in [0.15, 0.2) is 65.0 Å². The number of imidazole rings is 1. The highest BCUT2D eigenvalue weighted by Gasteiger charge is 2.23. The second kappa shape index (κ2) is 9.80. The van der Waals surface area contributed by atoms with Crippen LogP contribution in [-0.2, 0) is 13.1 Å². The number of anilines is 1. The van der Waals surface area contributed by atoms with Crippen molar-refractivity contribution in [3.8, 4) is 0 Å². The molecule has 2 aromatic heterocycles.